The summed E-state index contributed by atoms with van der Waals surface area (Å²) in [6, 6.07) is 0. The molecule has 0 bridgehead atoms. The maximum Gasteiger partial charge on any atom is 0.220 e. The number of unbranched alkanes of at least 4 members (excludes halogenated alkanes) is 1. The van der Waals surface area contributed by atoms with Crippen LogP contribution in [0.1, 0.15) is 60.8 Å². The fourth-order valence-corrected chi connectivity index (χ4v) is 1.25. The van der Waals surface area contributed by atoms with Gasteiger partial charge in [0.2, 0.25) is 5.91 Å². The van der Waals surface area contributed by atoms with Crippen LogP contribution in [-0.4, -0.2) is 23.7 Å². The van der Waals surface area contributed by atoms with Crippen LogP contribution in [0.5, 0.6) is 0 Å². The van der Waals surface area contributed by atoms with Crippen LogP contribution in [0.3, 0.4) is 0 Å². The van der Waals surface area contributed by atoms with Gasteiger partial charge in [0.1, 0.15) is 0 Å². The lowest BCUT2D eigenvalue weighted by Crippen LogP contribution is -2.40. The average Bonchev–Trinajstić information content (AvgIpc) is 1.97. The molecule has 3 heteroatoms. The first-order valence-electron chi connectivity index (χ1n) is 6.05. The van der Waals surface area contributed by atoms with Crippen molar-refractivity contribution in [3.05, 3.63) is 0 Å². The summed E-state index contributed by atoms with van der Waals surface area (Å²) in [5, 5.41) is 2.95. The van der Waals surface area contributed by atoms with Gasteiger partial charge >= 0.3 is 0 Å². The van der Waals surface area contributed by atoms with E-state index in [2.05, 4.69) is 5.32 Å². The minimum absolute atomic E-state index is 0.0757. The molecule has 96 valence electrons. The van der Waals surface area contributed by atoms with Gasteiger partial charge in [0.15, 0.2) is 0 Å². The number of nitrogens with one attached hydrogen (secondary N) is 1. The molecule has 0 aliphatic heterocycles. The highest BCUT2D eigenvalue weighted by atomic mass is 16.5. The normalized spacial score (nSPS) is 12.6. The monoisotopic (exact) mass is 229 g/mol. The molecule has 0 unspecified atom stereocenters. The molecule has 0 aromatic rings. The van der Waals surface area contributed by atoms with Gasteiger partial charge in [-0.2, -0.15) is 0 Å². The molecular formula is C13H27NO2. The highest BCUT2D eigenvalue weighted by Crippen LogP contribution is 2.08. The molecule has 0 aromatic carbocycles. The summed E-state index contributed by atoms with van der Waals surface area (Å²) in [6.45, 7) is 12.8. The lowest BCUT2D eigenvalue weighted by Gasteiger charge is -2.21. The van der Waals surface area contributed by atoms with E-state index in [1.807, 2.05) is 41.5 Å². The van der Waals surface area contributed by atoms with Gasteiger partial charge in [-0.05, 0) is 54.4 Å². The first-order valence-corrected chi connectivity index (χ1v) is 6.05. The van der Waals surface area contributed by atoms with Crippen molar-refractivity contribution >= 4 is 5.91 Å². The van der Waals surface area contributed by atoms with E-state index in [4.69, 9.17) is 4.74 Å². The highest BCUT2D eigenvalue weighted by molar-refractivity contribution is 5.76. The summed E-state index contributed by atoms with van der Waals surface area (Å²) in [7, 11) is 0. The van der Waals surface area contributed by atoms with E-state index in [0.717, 1.165) is 19.4 Å². The van der Waals surface area contributed by atoms with Gasteiger partial charge in [-0.15, -0.1) is 0 Å². The number of rotatable bonds is 5. The van der Waals surface area contributed by atoms with Crippen molar-refractivity contribution in [2.45, 2.75) is 71.9 Å². The summed E-state index contributed by atoms with van der Waals surface area (Å²) in [6.07, 6.45) is 2.41. The summed E-state index contributed by atoms with van der Waals surface area (Å²) in [5.41, 5.74) is -0.202. The predicted octanol–water partition coefficient (Wildman–Crippen LogP) is 2.89. The molecule has 1 amide bonds. The molecule has 0 heterocycles. The number of ether oxygens (including phenoxy) is 1. The van der Waals surface area contributed by atoms with Crippen LogP contribution in [0.2, 0.25) is 0 Å². The fourth-order valence-electron chi connectivity index (χ4n) is 1.25. The molecule has 0 aliphatic carbocycles. The van der Waals surface area contributed by atoms with Gasteiger partial charge in [0.25, 0.3) is 0 Å². The van der Waals surface area contributed by atoms with E-state index in [0.29, 0.717) is 6.42 Å². The van der Waals surface area contributed by atoms with Gasteiger partial charge in [0, 0.05) is 18.6 Å². The Morgan fingerprint density at radius 1 is 1.06 bits per heavy atom. The molecule has 0 aromatic heterocycles. The van der Waals surface area contributed by atoms with Gasteiger partial charge in [-0.25, -0.2) is 0 Å². The Hall–Kier alpha value is -0.570. The molecule has 0 spiro atoms. The molecule has 0 fully saturated rings. The van der Waals surface area contributed by atoms with Crippen LogP contribution in [0.4, 0.5) is 0 Å². The van der Waals surface area contributed by atoms with Gasteiger partial charge in [-0.1, -0.05) is 0 Å². The second kappa shape index (κ2) is 6.24. The minimum Gasteiger partial charge on any atom is -0.376 e. The van der Waals surface area contributed by atoms with Crippen LogP contribution in [-0.2, 0) is 9.53 Å². The van der Waals surface area contributed by atoms with E-state index in [-0.39, 0.29) is 17.0 Å². The number of carbonyl (C=O) groups is 1. The Labute approximate surface area is 99.9 Å². The van der Waals surface area contributed by atoms with E-state index in [1.54, 1.807) is 0 Å². The first kappa shape index (κ1) is 15.4. The molecule has 3 nitrogen and oxygen atoms in total. The van der Waals surface area contributed by atoms with Crippen molar-refractivity contribution in [3.8, 4) is 0 Å². The summed E-state index contributed by atoms with van der Waals surface area (Å²) in [5.74, 6) is 0.128. The van der Waals surface area contributed by atoms with E-state index >= 15 is 0 Å². The largest absolute Gasteiger partial charge is 0.376 e. The maximum atomic E-state index is 11.5. The molecule has 1 N–H and O–H groups in total. The predicted molar refractivity (Wildman–Crippen MR) is 67.5 cm³/mol. The molecular weight excluding hydrogens is 202 g/mol. The molecule has 0 aliphatic rings. The van der Waals surface area contributed by atoms with Crippen LogP contribution in [0.15, 0.2) is 0 Å². The molecule has 0 rings (SSSR count). The second-order valence-electron chi connectivity index (χ2n) is 6.22. The maximum absolute atomic E-state index is 11.5. The van der Waals surface area contributed by atoms with Crippen molar-refractivity contribution in [2.24, 2.45) is 0 Å². The summed E-state index contributed by atoms with van der Waals surface area (Å²) >= 11 is 0. The lowest BCUT2D eigenvalue weighted by atomic mass is 10.1. The number of amides is 1. The van der Waals surface area contributed by atoms with Gasteiger partial charge < -0.3 is 10.1 Å². The first-order chi connectivity index (χ1) is 7.10. The Morgan fingerprint density at radius 2 is 1.62 bits per heavy atom. The minimum atomic E-state index is -0.126. The van der Waals surface area contributed by atoms with E-state index in [1.165, 1.54) is 0 Å². The SMILES string of the molecule is CC(C)(C)NC(=O)CCCCOC(C)(C)C. The average molecular weight is 229 g/mol. The Balaban J connectivity index is 3.50. The van der Waals surface area contributed by atoms with Crippen molar-refractivity contribution in [1.82, 2.24) is 5.32 Å². The zero-order chi connectivity index (χ0) is 12.8. The van der Waals surface area contributed by atoms with Gasteiger partial charge in [0.05, 0.1) is 5.60 Å². The molecule has 0 atom stereocenters. The van der Waals surface area contributed by atoms with Crippen molar-refractivity contribution in [1.29, 1.82) is 0 Å². The van der Waals surface area contributed by atoms with Crippen molar-refractivity contribution < 1.29 is 9.53 Å². The fraction of sp³-hybridized carbons (Fsp3) is 0.923. The Morgan fingerprint density at radius 3 is 2.06 bits per heavy atom. The van der Waals surface area contributed by atoms with Crippen LogP contribution < -0.4 is 5.32 Å². The Bertz CT molecular complexity index is 211. The third-order valence-electron chi connectivity index (χ3n) is 1.85. The number of hydrogen-bond donors (Lipinski definition) is 1. The standard InChI is InChI=1S/C13H27NO2/c1-12(2,3)14-11(15)9-7-8-10-16-13(4,5)6/h7-10H2,1-6H3,(H,14,15). The highest BCUT2D eigenvalue weighted by Gasteiger charge is 2.13. The Kier molecular flexibility index (Phi) is 6.01. The third-order valence-corrected chi connectivity index (χ3v) is 1.85. The topological polar surface area (TPSA) is 38.3 Å². The third kappa shape index (κ3) is 11.5. The zero-order valence-electron chi connectivity index (χ0n) is 11.6. The summed E-state index contributed by atoms with van der Waals surface area (Å²) in [4.78, 5) is 11.5. The second-order valence-corrected chi connectivity index (χ2v) is 6.22. The van der Waals surface area contributed by atoms with E-state index < -0.39 is 0 Å². The lowest BCUT2D eigenvalue weighted by molar-refractivity contribution is -0.122. The van der Waals surface area contributed by atoms with Crippen molar-refractivity contribution in [3.63, 3.8) is 0 Å². The molecule has 0 saturated heterocycles. The molecule has 16 heavy (non-hydrogen) atoms. The number of hydrogen-bond acceptors (Lipinski definition) is 2. The van der Waals surface area contributed by atoms with Crippen LogP contribution >= 0.6 is 0 Å². The zero-order valence-corrected chi connectivity index (χ0v) is 11.6. The van der Waals surface area contributed by atoms with Crippen LogP contribution in [0.25, 0.3) is 0 Å². The molecule has 0 radical (unpaired) electrons. The molecule has 0 saturated carbocycles. The quantitative estimate of drug-likeness (QED) is 0.736. The summed E-state index contributed by atoms with van der Waals surface area (Å²) < 4.78 is 5.58. The van der Waals surface area contributed by atoms with E-state index in [9.17, 15) is 4.79 Å². The van der Waals surface area contributed by atoms with Gasteiger partial charge in [-0.3, -0.25) is 4.79 Å². The van der Waals surface area contributed by atoms with Crippen molar-refractivity contribution in [2.75, 3.05) is 6.61 Å². The smallest absolute Gasteiger partial charge is 0.220 e. The number of carbonyl (C=O) groups excluding carboxylic acids is 1. The van der Waals surface area contributed by atoms with Crippen LogP contribution in [0, 0.1) is 0 Å².